The Bertz CT molecular complexity index is 687. The monoisotopic (exact) mass is 310 g/mol. The van der Waals surface area contributed by atoms with E-state index in [1.807, 2.05) is 4.90 Å². The Morgan fingerprint density at radius 2 is 1.86 bits per heavy atom. The Kier molecular flexibility index (Phi) is 4.17. The van der Waals surface area contributed by atoms with E-state index >= 15 is 0 Å². The molecule has 0 aromatic heterocycles. The Balaban J connectivity index is 2.50. The van der Waals surface area contributed by atoms with Crippen molar-refractivity contribution >= 4 is 27.4 Å². The maximum Gasteiger partial charge on any atom is 0.280 e. The minimum absolute atomic E-state index is 0.126. The summed E-state index contributed by atoms with van der Waals surface area (Å²) in [6, 6.07) is 4.51. The molecule has 7 nitrogen and oxygen atoms in total. The number of hydrogen-bond donors (Lipinski definition) is 2. The van der Waals surface area contributed by atoms with Crippen LogP contribution in [0.15, 0.2) is 28.1 Å². The van der Waals surface area contributed by atoms with Gasteiger partial charge in [0.15, 0.2) is 15.8 Å². The summed E-state index contributed by atoms with van der Waals surface area (Å²) in [4.78, 5) is 17.4. The van der Waals surface area contributed by atoms with Crippen LogP contribution in [0.4, 0.5) is 5.69 Å². The SMILES string of the molecule is CS(=O)(=O)c1cc(C(=O)N=C(N)N)ccc1N1CCCC1. The maximum absolute atomic E-state index is 12.0. The molecule has 2 rings (SSSR count). The van der Waals surface area contributed by atoms with E-state index in [2.05, 4.69) is 4.99 Å². The van der Waals surface area contributed by atoms with Crippen LogP contribution < -0.4 is 16.4 Å². The van der Waals surface area contributed by atoms with E-state index in [0.29, 0.717) is 5.69 Å². The normalized spacial score (nSPS) is 15.0. The molecule has 4 N–H and O–H groups in total. The predicted octanol–water partition coefficient (Wildman–Crippen LogP) is 0.104. The van der Waals surface area contributed by atoms with Crippen LogP contribution in [0.3, 0.4) is 0 Å². The van der Waals surface area contributed by atoms with E-state index in [4.69, 9.17) is 11.5 Å². The van der Waals surface area contributed by atoms with Crippen molar-refractivity contribution in [2.75, 3.05) is 24.2 Å². The van der Waals surface area contributed by atoms with Gasteiger partial charge in [0.05, 0.1) is 10.6 Å². The molecule has 1 amide bonds. The molecule has 0 aliphatic carbocycles. The molecule has 0 bridgehead atoms. The van der Waals surface area contributed by atoms with Crippen LogP contribution in [-0.2, 0) is 9.84 Å². The number of carbonyl (C=O) groups excluding carboxylic acids is 1. The van der Waals surface area contributed by atoms with Gasteiger partial charge in [-0.1, -0.05) is 0 Å². The third-order valence-electron chi connectivity index (χ3n) is 3.28. The van der Waals surface area contributed by atoms with Gasteiger partial charge >= 0.3 is 0 Å². The topological polar surface area (TPSA) is 119 Å². The third kappa shape index (κ3) is 3.52. The Labute approximate surface area is 123 Å². The first-order valence-corrected chi connectivity index (χ1v) is 8.41. The number of benzene rings is 1. The van der Waals surface area contributed by atoms with Gasteiger partial charge < -0.3 is 16.4 Å². The molecule has 1 fully saturated rings. The molecule has 1 aliphatic heterocycles. The first-order chi connectivity index (χ1) is 9.79. The molecule has 21 heavy (non-hydrogen) atoms. The lowest BCUT2D eigenvalue weighted by molar-refractivity contribution is 0.100. The van der Waals surface area contributed by atoms with Crippen LogP contribution in [0.1, 0.15) is 23.2 Å². The summed E-state index contributed by atoms with van der Waals surface area (Å²) in [6.07, 6.45) is 3.17. The van der Waals surface area contributed by atoms with E-state index in [9.17, 15) is 13.2 Å². The van der Waals surface area contributed by atoms with Gasteiger partial charge in [-0.2, -0.15) is 4.99 Å². The number of nitrogens with zero attached hydrogens (tertiary/aromatic N) is 2. The fourth-order valence-corrected chi connectivity index (χ4v) is 3.26. The predicted molar refractivity (Wildman–Crippen MR) is 81.1 cm³/mol. The standard InChI is InChI=1S/C13H18N4O3S/c1-21(19,20)11-8-9(12(18)16-13(14)15)4-5-10(11)17-6-2-3-7-17/h4-5,8H,2-3,6-7H2,1H3,(H4,14,15,16,18). The zero-order valence-electron chi connectivity index (χ0n) is 11.7. The Morgan fingerprint density at radius 3 is 2.38 bits per heavy atom. The van der Waals surface area contributed by atoms with E-state index in [1.165, 1.54) is 12.1 Å². The van der Waals surface area contributed by atoms with Gasteiger partial charge in [0.1, 0.15) is 0 Å². The number of aliphatic imine (C=N–C) groups is 1. The molecule has 1 aromatic rings. The summed E-state index contributed by atoms with van der Waals surface area (Å²) in [6.45, 7) is 1.62. The largest absolute Gasteiger partial charge is 0.370 e. The average molecular weight is 310 g/mol. The van der Waals surface area contributed by atoms with Gasteiger partial charge in [0.2, 0.25) is 0 Å². The maximum atomic E-state index is 12.0. The molecule has 0 atom stereocenters. The molecule has 1 saturated heterocycles. The second-order valence-electron chi connectivity index (χ2n) is 4.99. The van der Waals surface area contributed by atoms with Gasteiger partial charge in [-0.15, -0.1) is 0 Å². The van der Waals surface area contributed by atoms with Crippen molar-refractivity contribution < 1.29 is 13.2 Å². The van der Waals surface area contributed by atoms with Gasteiger partial charge in [-0.05, 0) is 31.0 Å². The summed E-state index contributed by atoms with van der Waals surface area (Å²) in [5, 5.41) is 0. The van der Waals surface area contributed by atoms with Gasteiger partial charge in [-0.3, -0.25) is 4.79 Å². The number of amides is 1. The van der Waals surface area contributed by atoms with E-state index in [-0.39, 0.29) is 16.4 Å². The number of anilines is 1. The summed E-state index contributed by atoms with van der Waals surface area (Å²) >= 11 is 0. The van der Waals surface area contributed by atoms with Crippen molar-refractivity contribution in [3.63, 3.8) is 0 Å². The van der Waals surface area contributed by atoms with Crippen LogP contribution in [0, 0.1) is 0 Å². The van der Waals surface area contributed by atoms with Crippen LogP contribution in [0.2, 0.25) is 0 Å². The molecule has 0 saturated carbocycles. The Morgan fingerprint density at radius 1 is 1.24 bits per heavy atom. The molecule has 1 aromatic carbocycles. The highest BCUT2D eigenvalue weighted by atomic mass is 32.2. The first-order valence-electron chi connectivity index (χ1n) is 6.52. The average Bonchev–Trinajstić information content (AvgIpc) is 2.89. The smallest absolute Gasteiger partial charge is 0.280 e. The lowest BCUT2D eigenvalue weighted by atomic mass is 10.2. The molecule has 0 radical (unpaired) electrons. The van der Waals surface area contributed by atoms with Crippen LogP contribution >= 0.6 is 0 Å². The second-order valence-corrected chi connectivity index (χ2v) is 6.97. The van der Waals surface area contributed by atoms with Crippen molar-refractivity contribution in [3.8, 4) is 0 Å². The fourth-order valence-electron chi connectivity index (χ4n) is 2.35. The minimum atomic E-state index is -3.46. The Hall–Kier alpha value is -2.09. The highest BCUT2D eigenvalue weighted by molar-refractivity contribution is 7.90. The van der Waals surface area contributed by atoms with Crippen molar-refractivity contribution in [1.29, 1.82) is 0 Å². The van der Waals surface area contributed by atoms with Crippen LogP contribution in [0.5, 0.6) is 0 Å². The minimum Gasteiger partial charge on any atom is -0.370 e. The lowest BCUT2D eigenvalue weighted by Gasteiger charge is -2.21. The quantitative estimate of drug-likeness (QED) is 0.604. The van der Waals surface area contributed by atoms with E-state index in [0.717, 1.165) is 32.2 Å². The van der Waals surface area contributed by atoms with Crippen molar-refractivity contribution in [2.24, 2.45) is 16.5 Å². The van der Waals surface area contributed by atoms with Crippen molar-refractivity contribution in [3.05, 3.63) is 23.8 Å². The first kappa shape index (κ1) is 15.3. The van der Waals surface area contributed by atoms with Crippen molar-refractivity contribution in [2.45, 2.75) is 17.7 Å². The molecular formula is C13H18N4O3S. The molecule has 1 heterocycles. The number of nitrogens with two attached hydrogens (primary N) is 2. The lowest BCUT2D eigenvalue weighted by Crippen LogP contribution is -2.24. The van der Waals surface area contributed by atoms with Crippen LogP contribution in [0.25, 0.3) is 0 Å². The van der Waals surface area contributed by atoms with Gasteiger partial charge in [0, 0.05) is 24.9 Å². The molecule has 0 unspecified atom stereocenters. The molecule has 114 valence electrons. The number of carbonyl (C=O) groups is 1. The molecular weight excluding hydrogens is 292 g/mol. The highest BCUT2D eigenvalue weighted by Gasteiger charge is 2.22. The molecule has 1 aliphatic rings. The van der Waals surface area contributed by atoms with Crippen molar-refractivity contribution in [1.82, 2.24) is 0 Å². The van der Waals surface area contributed by atoms with E-state index < -0.39 is 15.7 Å². The summed E-state index contributed by atoms with van der Waals surface area (Å²) in [7, 11) is -3.46. The zero-order chi connectivity index (χ0) is 15.6. The summed E-state index contributed by atoms with van der Waals surface area (Å²) < 4.78 is 24.0. The molecule has 0 spiro atoms. The number of sulfone groups is 1. The summed E-state index contributed by atoms with van der Waals surface area (Å²) in [5.41, 5.74) is 11.1. The van der Waals surface area contributed by atoms with Gasteiger partial charge in [0.25, 0.3) is 5.91 Å². The highest BCUT2D eigenvalue weighted by Crippen LogP contribution is 2.29. The number of rotatable bonds is 3. The second kappa shape index (κ2) is 5.72. The summed E-state index contributed by atoms with van der Waals surface area (Å²) in [5.74, 6) is -1.02. The fraction of sp³-hybridized carbons (Fsp3) is 0.385. The van der Waals surface area contributed by atoms with E-state index in [1.54, 1.807) is 6.07 Å². The molecule has 8 heteroatoms. The third-order valence-corrected chi connectivity index (χ3v) is 4.41. The van der Waals surface area contributed by atoms with Gasteiger partial charge in [-0.25, -0.2) is 8.42 Å². The number of hydrogen-bond acceptors (Lipinski definition) is 4. The zero-order valence-corrected chi connectivity index (χ0v) is 12.6. The van der Waals surface area contributed by atoms with Crippen LogP contribution in [-0.4, -0.2) is 39.6 Å². The number of guanidine groups is 1.